The summed E-state index contributed by atoms with van der Waals surface area (Å²) >= 11 is 0. The van der Waals surface area contributed by atoms with Gasteiger partial charge in [-0.2, -0.15) is 0 Å². The van der Waals surface area contributed by atoms with Gasteiger partial charge in [0.1, 0.15) is 0 Å². The number of rotatable bonds is 6. The maximum Gasteiger partial charge on any atom is 0.160 e. The third-order valence-electron chi connectivity index (χ3n) is 11.4. The SMILES string of the molecule is c1cc(-c2ccc(-c3cc(-c4cc5ccccc5c5ccccc45)nc(-c4ccc(-c5ccc6ccccc6c5)cc4)n3)cc2)cc(-c2cncc3ccccc23)c1. The maximum absolute atomic E-state index is 5.31. The Morgan fingerprint density at radius 1 is 0.259 bits per heavy atom. The molecule has 0 bridgehead atoms. The Bertz CT molecular complexity index is 3320. The first-order chi connectivity index (χ1) is 28.7. The van der Waals surface area contributed by atoms with Gasteiger partial charge in [0.2, 0.25) is 0 Å². The van der Waals surface area contributed by atoms with E-state index in [4.69, 9.17) is 9.97 Å². The Labute approximate surface area is 336 Å². The first kappa shape index (κ1) is 33.6. The van der Waals surface area contributed by atoms with Crippen molar-refractivity contribution in [2.24, 2.45) is 0 Å². The minimum atomic E-state index is 0.690. The maximum atomic E-state index is 5.31. The molecule has 0 aliphatic rings. The molecule has 2 heterocycles. The molecule has 9 aromatic carbocycles. The molecule has 0 amide bonds. The van der Waals surface area contributed by atoms with E-state index in [-0.39, 0.29) is 0 Å². The minimum Gasteiger partial charge on any atom is -0.263 e. The Morgan fingerprint density at radius 2 is 0.828 bits per heavy atom. The number of pyridine rings is 1. The predicted molar refractivity (Wildman–Crippen MR) is 242 cm³/mol. The minimum absolute atomic E-state index is 0.690. The molecular formula is C55H35N3. The summed E-state index contributed by atoms with van der Waals surface area (Å²) in [6, 6.07) is 71.3. The molecule has 0 fully saturated rings. The molecule has 3 heteroatoms. The highest BCUT2D eigenvalue weighted by atomic mass is 14.9. The monoisotopic (exact) mass is 737 g/mol. The highest BCUT2D eigenvalue weighted by Gasteiger charge is 2.16. The van der Waals surface area contributed by atoms with E-state index in [0.29, 0.717) is 5.82 Å². The van der Waals surface area contributed by atoms with Gasteiger partial charge in [-0.1, -0.05) is 176 Å². The molecule has 11 rings (SSSR count). The zero-order valence-electron chi connectivity index (χ0n) is 31.5. The van der Waals surface area contributed by atoms with E-state index in [2.05, 4.69) is 205 Å². The van der Waals surface area contributed by atoms with Gasteiger partial charge in [-0.25, -0.2) is 9.97 Å². The second-order valence-electron chi connectivity index (χ2n) is 14.9. The predicted octanol–water partition coefficient (Wildman–Crippen LogP) is 14.5. The van der Waals surface area contributed by atoms with Crippen molar-refractivity contribution in [2.75, 3.05) is 0 Å². The third kappa shape index (κ3) is 6.07. The Hall–Kier alpha value is -7.75. The topological polar surface area (TPSA) is 38.7 Å². The Morgan fingerprint density at radius 3 is 1.62 bits per heavy atom. The molecule has 0 spiro atoms. The molecule has 0 radical (unpaired) electrons. The van der Waals surface area contributed by atoms with Crippen molar-refractivity contribution in [3.8, 4) is 67.3 Å². The molecule has 2 aromatic heterocycles. The van der Waals surface area contributed by atoms with E-state index in [0.717, 1.165) is 61.3 Å². The van der Waals surface area contributed by atoms with Crippen molar-refractivity contribution in [3.05, 3.63) is 213 Å². The van der Waals surface area contributed by atoms with E-state index in [9.17, 15) is 0 Å². The summed E-state index contributed by atoms with van der Waals surface area (Å²) in [5, 5.41) is 9.59. The summed E-state index contributed by atoms with van der Waals surface area (Å²) in [5.74, 6) is 0.690. The summed E-state index contributed by atoms with van der Waals surface area (Å²) < 4.78 is 0. The molecule has 0 saturated heterocycles. The Kier molecular flexibility index (Phi) is 8.15. The molecule has 0 saturated carbocycles. The number of fused-ring (bicyclic) bond motifs is 5. The first-order valence-corrected chi connectivity index (χ1v) is 19.7. The van der Waals surface area contributed by atoms with Crippen molar-refractivity contribution in [1.82, 2.24) is 15.0 Å². The van der Waals surface area contributed by atoms with Gasteiger partial charge in [-0.3, -0.25) is 4.98 Å². The zero-order valence-corrected chi connectivity index (χ0v) is 31.5. The lowest BCUT2D eigenvalue weighted by molar-refractivity contribution is 1.19. The lowest BCUT2D eigenvalue weighted by Gasteiger charge is -2.14. The summed E-state index contributed by atoms with van der Waals surface area (Å²) in [7, 11) is 0. The largest absolute Gasteiger partial charge is 0.263 e. The van der Waals surface area contributed by atoms with Crippen LogP contribution in [0.5, 0.6) is 0 Å². The second-order valence-corrected chi connectivity index (χ2v) is 14.9. The van der Waals surface area contributed by atoms with Gasteiger partial charge in [-0.15, -0.1) is 0 Å². The van der Waals surface area contributed by atoms with Crippen LogP contribution in [0.4, 0.5) is 0 Å². The highest BCUT2D eigenvalue weighted by molar-refractivity contribution is 6.13. The summed E-state index contributed by atoms with van der Waals surface area (Å²) in [6.07, 6.45) is 3.89. The number of hydrogen-bond acceptors (Lipinski definition) is 3. The van der Waals surface area contributed by atoms with Crippen LogP contribution in [0.2, 0.25) is 0 Å². The van der Waals surface area contributed by atoms with Crippen LogP contribution < -0.4 is 0 Å². The van der Waals surface area contributed by atoms with Gasteiger partial charge in [0.05, 0.1) is 11.4 Å². The van der Waals surface area contributed by atoms with Gasteiger partial charge in [0.25, 0.3) is 0 Å². The van der Waals surface area contributed by atoms with Gasteiger partial charge < -0.3 is 0 Å². The smallest absolute Gasteiger partial charge is 0.160 e. The van der Waals surface area contributed by atoms with E-state index in [1.54, 1.807) is 0 Å². The standard InChI is InChI=1S/C55H35N3/c1-2-11-41-30-43(29-24-36(41)10-1)38-22-27-40(28-23-38)55-57-53(33-54(58-55)51-32-45-12-3-5-16-47(45)49-18-7-8-19-50(49)51)39-25-20-37(21-26-39)42-14-9-15-44(31-42)52-35-56-34-46-13-4-6-17-48(46)52/h1-35H. The molecular weight excluding hydrogens is 703 g/mol. The van der Waals surface area contributed by atoms with Crippen molar-refractivity contribution < 1.29 is 0 Å². The number of aromatic nitrogens is 3. The molecule has 0 aliphatic heterocycles. The van der Waals surface area contributed by atoms with Crippen LogP contribution >= 0.6 is 0 Å². The summed E-state index contributed by atoms with van der Waals surface area (Å²) in [5.41, 5.74) is 11.7. The quantitative estimate of drug-likeness (QED) is 0.160. The lowest BCUT2D eigenvalue weighted by Crippen LogP contribution is -1.97. The number of hydrogen-bond donors (Lipinski definition) is 0. The molecule has 3 nitrogen and oxygen atoms in total. The fourth-order valence-electron chi connectivity index (χ4n) is 8.36. The summed E-state index contributed by atoms with van der Waals surface area (Å²) in [4.78, 5) is 15.1. The van der Waals surface area contributed by atoms with Crippen LogP contribution in [0.25, 0.3) is 110 Å². The van der Waals surface area contributed by atoms with Crippen LogP contribution in [0, 0.1) is 0 Å². The average Bonchev–Trinajstić information content (AvgIpc) is 3.31. The molecule has 0 aliphatic carbocycles. The molecule has 58 heavy (non-hydrogen) atoms. The third-order valence-corrected chi connectivity index (χ3v) is 11.4. The second kappa shape index (κ2) is 14.1. The number of nitrogens with zero attached hydrogens (tertiary/aromatic N) is 3. The van der Waals surface area contributed by atoms with Gasteiger partial charge in [0, 0.05) is 40.0 Å². The normalized spacial score (nSPS) is 11.4. The van der Waals surface area contributed by atoms with Crippen molar-refractivity contribution in [3.63, 3.8) is 0 Å². The molecule has 270 valence electrons. The molecule has 11 aromatic rings. The van der Waals surface area contributed by atoms with Crippen molar-refractivity contribution in [1.29, 1.82) is 0 Å². The fraction of sp³-hybridized carbons (Fsp3) is 0. The number of benzene rings is 9. The molecule has 0 N–H and O–H groups in total. The molecule has 0 unspecified atom stereocenters. The van der Waals surface area contributed by atoms with Crippen LogP contribution in [0.15, 0.2) is 213 Å². The van der Waals surface area contributed by atoms with Crippen LogP contribution in [0.1, 0.15) is 0 Å². The van der Waals surface area contributed by atoms with Crippen molar-refractivity contribution in [2.45, 2.75) is 0 Å². The zero-order chi connectivity index (χ0) is 38.4. The van der Waals surface area contributed by atoms with E-state index in [1.165, 1.54) is 43.3 Å². The average molecular weight is 738 g/mol. The lowest BCUT2D eigenvalue weighted by atomic mass is 9.94. The van der Waals surface area contributed by atoms with Crippen LogP contribution in [0.3, 0.4) is 0 Å². The summed E-state index contributed by atoms with van der Waals surface area (Å²) in [6.45, 7) is 0. The fourth-order valence-corrected chi connectivity index (χ4v) is 8.36. The van der Waals surface area contributed by atoms with Crippen molar-refractivity contribution >= 4 is 43.1 Å². The Balaban J connectivity index is 1.01. The van der Waals surface area contributed by atoms with Crippen LogP contribution in [-0.4, -0.2) is 15.0 Å². The van der Waals surface area contributed by atoms with E-state index >= 15 is 0 Å². The van der Waals surface area contributed by atoms with E-state index in [1.807, 2.05) is 12.4 Å². The van der Waals surface area contributed by atoms with Gasteiger partial charge >= 0.3 is 0 Å². The highest BCUT2D eigenvalue weighted by Crippen LogP contribution is 2.38. The van der Waals surface area contributed by atoms with Crippen LogP contribution in [-0.2, 0) is 0 Å². The van der Waals surface area contributed by atoms with Gasteiger partial charge in [0.15, 0.2) is 5.82 Å². The first-order valence-electron chi connectivity index (χ1n) is 19.7. The molecule has 0 atom stereocenters. The van der Waals surface area contributed by atoms with Gasteiger partial charge in [-0.05, 0) is 89.8 Å². The van der Waals surface area contributed by atoms with E-state index < -0.39 is 0 Å².